The van der Waals surface area contributed by atoms with Crippen LogP contribution in [-0.2, 0) is 18.3 Å². The Hall–Kier alpha value is -2.82. The van der Waals surface area contributed by atoms with Gasteiger partial charge in [-0.3, -0.25) is 9.36 Å². The first-order chi connectivity index (χ1) is 14.6. The lowest BCUT2D eigenvalue weighted by Gasteiger charge is -2.13. The lowest BCUT2D eigenvalue weighted by molar-refractivity contribution is -0.0397. The molecule has 0 spiro atoms. The van der Waals surface area contributed by atoms with Crippen molar-refractivity contribution < 1.29 is 28.3 Å². The molecule has 1 amide bonds. The topological polar surface area (TPSA) is 138 Å². The summed E-state index contributed by atoms with van der Waals surface area (Å²) >= 11 is 0. The van der Waals surface area contributed by atoms with Gasteiger partial charge in [0.05, 0.1) is 20.0 Å². The Labute approximate surface area is 172 Å². The molecular weight excluding hydrogens is 413 g/mol. The molecule has 1 unspecified atom stereocenters. The molecule has 3 aromatic rings. The molecule has 1 aliphatic rings. The van der Waals surface area contributed by atoms with Gasteiger partial charge in [-0.1, -0.05) is 18.2 Å². The standard InChI is InChI=1S/C18H18N5O6P/c1-27-30(26)29-12-7-14(28-13(12)8-24)23-10-21-15-16(19-9-20-17(15)23)22-18(25)11-5-3-2-4-6-11/h2-6,9-10,12-14,24H,7-8H2,1H3/p+1/t12-,13+,14+/m0/s1. The van der Waals surface area contributed by atoms with Gasteiger partial charge in [-0.2, -0.15) is 0 Å². The number of benzene rings is 1. The number of nitrogens with zero attached hydrogens (tertiary/aromatic N) is 4. The van der Waals surface area contributed by atoms with E-state index < -0.39 is 26.7 Å². The van der Waals surface area contributed by atoms with Crippen LogP contribution in [0.1, 0.15) is 23.0 Å². The molecule has 1 aromatic carbocycles. The Morgan fingerprint density at radius 1 is 1.33 bits per heavy atom. The number of amides is 1. The van der Waals surface area contributed by atoms with Crippen molar-refractivity contribution in [2.24, 2.45) is 0 Å². The molecule has 0 bridgehead atoms. The highest BCUT2D eigenvalue weighted by Gasteiger charge is 2.43. The molecule has 4 rings (SSSR count). The molecule has 1 aliphatic heterocycles. The van der Waals surface area contributed by atoms with Gasteiger partial charge < -0.3 is 15.2 Å². The van der Waals surface area contributed by atoms with Crippen LogP contribution in [0.5, 0.6) is 0 Å². The van der Waals surface area contributed by atoms with E-state index in [0.29, 0.717) is 23.1 Å². The minimum absolute atomic E-state index is 0.263. The van der Waals surface area contributed by atoms with Crippen molar-refractivity contribution in [3.63, 3.8) is 0 Å². The number of aromatic nitrogens is 4. The summed E-state index contributed by atoms with van der Waals surface area (Å²) < 4.78 is 29.0. The van der Waals surface area contributed by atoms with Crippen LogP contribution in [0.3, 0.4) is 0 Å². The summed E-state index contributed by atoms with van der Waals surface area (Å²) in [4.78, 5) is 25.2. The quantitative estimate of drug-likeness (QED) is 0.537. The second kappa shape index (κ2) is 8.90. The summed E-state index contributed by atoms with van der Waals surface area (Å²) in [7, 11) is -1.04. The van der Waals surface area contributed by atoms with E-state index in [2.05, 4.69) is 24.8 Å². The normalized spacial score (nSPS) is 21.7. The minimum Gasteiger partial charge on any atom is -0.394 e. The third-order valence-electron chi connectivity index (χ3n) is 4.67. The van der Waals surface area contributed by atoms with Crippen molar-refractivity contribution in [2.45, 2.75) is 24.9 Å². The molecular formula is C18H19N5O6P+. The van der Waals surface area contributed by atoms with Crippen molar-refractivity contribution in [1.82, 2.24) is 19.5 Å². The van der Waals surface area contributed by atoms with Crippen LogP contribution < -0.4 is 5.32 Å². The average molecular weight is 432 g/mol. The van der Waals surface area contributed by atoms with Crippen molar-refractivity contribution in [3.8, 4) is 0 Å². The molecule has 0 aliphatic carbocycles. The molecule has 1 fully saturated rings. The van der Waals surface area contributed by atoms with E-state index in [9.17, 15) is 14.5 Å². The molecule has 11 nitrogen and oxygen atoms in total. The number of hydrogen-bond donors (Lipinski definition) is 2. The van der Waals surface area contributed by atoms with Gasteiger partial charge in [0.25, 0.3) is 5.91 Å². The smallest absolute Gasteiger partial charge is 0.394 e. The number of aliphatic hydroxyl groups is 1. The lowest BCUT2D eigenvalue weighted by Crippen LogP contribution is -2.26. The van der Waals surface area contributed by atoms with Crippen LogP contribution in [0.25, 0.3) is 11.2 Å². The highest BCUT2D eigenvalue weighted by atomic mass is 31.1. The Kier molecular flexibility index (Phi) is 6.07. The van der Waals surface area contributed by atoms with E-state index in [-0.39, 0.29) is 18.3 Å². The zero-order valence-corrected chi connectivity index (χ0v) is 16.8. The largest absolute Gasteiger partial charge is 0.697 e. The summed E-state index contributed by atoms with van der Waals surface area (Å²) in [6.07, 6.45) is 1.26. The van der Waals surface area contributed by atoms with Gasteiger partial charge in [0.2, 0.25) is 0 Å². The van der Waals surface area contributed by atoms with Gasteiger partial charge in [0.1, 0.15) is 24.8 Å². The van der Waals surface area contributed by atoms with Crippen LogP contribution in [0.2, 0.25) is 0 Å². The number of ether oxygens (including phenoxy) is 1. The maximum atomic E-state index is 12.5. The molecule has 0 radical (unpaired) electrons. The Morgan fingerprint density at radius 3 is 2.87 bits per heavy atom. The molecule has 3 heterocycles. The maximum Gasteiger partial charge on any atom is 0.697 e. The van der Waals surface area contributed by atoms with Gasteiger partial charge in [-0.05, 0) is 12.1 Å². The fourth-order valence-electron chi connectivity index (χ4n) is 3.22. The number of anilines is 1. The predicted molar refractivity (Wildman–Crippen MR) is 105 cm³/mol. The van der Waals surface area contributed by atoms with E-state index in [1.807, 2.05) is 6.07 Å². The van der Waals surface area contributed by atoms with E-state index in [0.717, 1.165) is 0 Å². The van der Waals surface area contributed by atoms with E-state index in [4.69, 9.17) is 9.26 Å². The summed E-state index contributed by atoms with van der Waals surface area (Å²) in [5.41, 5.74) is 1.31. The van der Waals surface area contributed by atoms with E-state index in [1.54, 1.807) is 28.8 Å². The summed E-state index contributed by atoms with van der Waals surface area (Å²) in [6.45, 7) is -0.311. The first kappa shape index (κ1) is 20.5. The molecule has 2 aromatic heterocycles. The summed E-state index contributed by atoms with van der Waals surface area (Å²) in [5.74, 6) is -0.0565. The zero-order chi connectivity index (χ0) is 21.1. The SMILES string of the molecule is CO[P+](=O)O[C@H]1C[C@H](n2cnc3c(NC(=O)c4ccccc4)ncnc32)O[C@@H]1CO. The van der Waals surface area contributed by atoms with E-state index in [1.165, 1.54) is 19.8 Å². The predicted octanol–water partition coefficient (Wildman–Crippen LogP) is 2.05. The Morgan fingerprint density at radius 2 is 2.13 bits per heavy atom. The highest BCUT2D eigenvalue weighted by Crippen LogP contribution is 2.38. The Balaban J connectivity index is 1.57. The Bertz CT molecular complexity index is 1060. The fraction of sp³-hybridized carbons (Fsp3) is 0.333. The highest BCUT2D eigenvalue weighted by molar-refractivity contribution is 7.33. The first-order valence-electron chi connectivity index (χ1n) is 9.09. The first-order valence-corrected chi connectivity index (χ1v) is 10.2. The van der Waals surface area contributed by atoms with Crippen LogP contribution >= 0.6 is 8.25 Å². The number of fused-ring (bicyclic) bond motifs is 1. The van der Waals surface area contributed by atoms with Gasteiger partial charge >= 0.3 is 8.25 Å². The van der Waals surface area contributed by atoms with Crippen LogP contribution in [0.15, 0.2) is 43.0 Å². The molecule has 4 atom stereocenters. The molecule has 1 saturated heterocycles. The number of carbonyl (C=O) groups excluding carboxylic acids is 1. The number of nitrogens with one attached hydrogen (secondary N) is 1. The third-order valence-corrected chi connectivity index (χ3v) is 5.41. The van der Waals surface area contributed by atoms with Crippen LogP contribution in [0.4, 0.5) is 5.82 Å². The van der Waals surface area contributed by atoms with E-state index >= 15 is 0 Å². The van der Waals surface area contributed by atoms with Crippen molar-refractivity contribution >= 4 is 31.1 Å². The third kappa shape index (κ3) is 4.07. The maximum absolute atomic E-state index is 12.5. The monoisotopic (exact) mass is 432 g/mol. The lowest BCUT2D eigenvalue weighted by atomic mass is 10.2. The zero-order valence-electron chi connectivity index (χ0n) is 15.9. The number of imidazole rings is 1. The molecule has 0 saturated carbocycles. The minimum atomic E-state index is -2.31. The summed E-state index contributed by atoms with van der Waals surface area (Å²) in [5, 5.41) is 12.3. The van der Waals surface area contributed by atoms with Gasteiger partial charge in [-0.25, -0.2) is 15.0 Å². The second-order valence-corrected chi connectivity index (χ2v) is 7.49. The van der Waals surface area contributed by atoms with Crippen molar-refractivity contribution in [1.29, 1.82) is 0 Å². The second-order valence-electron chi connectivity index (χ2n) is 6.46. The summed E-state index contributed by atoms with van der Waals surface area (Å²) in [6, 6.07) is 8.74. The molecule has 156 valence electrons. The van der Waals surface area contributed by atoms with Gasteiger partial charge in [-0.15, -0.1) is 9.05 Å². The van der Waals surface area contributed by atoms with Crippen LogP contribution in [-0.4, -0.2) is 56.5 Å². The number of hydrogen-bond acceptors (Lipinski definition) is 9. The van der Waals surface area contributed by atoms with Crippen molar-refractivity contribution in [3.05, 3.63) is 48.5 Å². The van der Waals surface area contributed by atoms with Crippen LogP contribution in [0, 0.1) is 0 Å². The molecule has 30 heavy (non-hydrogen) atoms. The number of carbonyl (C=O) groups is 1. The number of rotatable bonds is 7. The molecule has 12 heteroatoms. The molecule has 2 N–H and O–H groups in total. The number of aliphatic hydroxyl groups excluding tert-OH is 1. The van der Waals surface area contributed by atoms with Gasteiger partial charge in [0.15, 0.2) is 17.0 Å². The van der Waals surface area contributed by atoms with Crippen molar-refractivity contribution in [2.75, 3.05) is 19.0 Å². The average Bonchev–Trinajstić information content (AvgIpc) is 3.38. The fourth-order valence-corrected chi connectivity index (χ4v) is 3.75. The van der Waals surface area contributed by atoms with Gasteiger partial charge in [0, 0.05) is 16.5 Å².